The number of aliphatic carboxylic acids is 1. The third kappa shape index (κ3) is 5.52. The lowest BCUT2D eigenvalue weighted by atomic mass is 9.91. The van der Waals surface area contributed by atoms with E-state index in [0.717, 1.165) is 22.6 Å². The van der Waals surface area contributed by atoms with Crippen LogP contribution >= 0.6 is 0 Å². The molecule has 2 atom stereocenters. The Balaban J connectivity index is 1.64. The van der Waals surface area contributed by atoms with Crippen LogP contribution in [0.5, 0.6) is 5.75 Å². The number of pyridine rings is 1. The van der Waals surface area contributed by atoms with E-state index in [2.05, 4.69) is 34.7 Å². The number of carboxylic acids is 1. The molecule has 0 bridgehead atoms. The summed E-state index contributed by atoms with van der Waals surface area (Å²) in [6, 6.07) is 15.8. The van der Waals surface area contributed by atoms with E-state index in [1.807, 2.05) is 50.4 Å². The highest BCUT2D eigenvalue weighted by molar-refractivity contribution is 5.73. The van der Waals surface area contributed by atoms with E-state index >= 15 is 0 Å². The van der Waals surface area contributed by atoms with Crippen LogP contribution in [0.15, 0.2) is 60.9 Å². The summed E-state index contributed by atoms with van der Waals surface area (Å²) >= 11 is 0. The third-order valence-corrected chi connectivity index (χ3v) is 5.44. The topological polar surface area (TPSA) is 73.6 Å². The summed E-state index contributed by atoms with van der Waals surface area (Å²) in [6.45, 7) is 7.48. The smallest absolute Gasteiger partial charge is 0.333 e. The highest BCUT2D eigenvalue weighted by Crippen LogP contribution is 2.28. The average molecular weight is 423 g/mol. The van der Waals surface area contributed by atoms with Crippen molar-refractivity contribution in [3.63, 3.8) is 0 Å². The van der Waals surface area contributed by atoms with Gasteiger partial charge in [0, 0.05) is 41.9 Å². The van der Waals surface area contributed by atoms with Crippen molar-refractivity contribution >= 4 is 5.97 Å². The van der Waals surface area contributed by atoms with Gasteiger partial charge in [0.2, 0.25) is 0 Å². The van der Waals surface area contributed by atoms with E-state index in [-0.39, 0.29) is 5.92 Å². The number of carbonyl (C=O) groups is 1. The molecule has 0 aliphatic heterocycles. The van der Waals surface area contributed by atoms with Gasteiger partial charge >= 0.3 is 5.97 Å². The number of rotatable bonds is 11. The van der Waals surface area contributed by atoms with E-state index < -0.39 is 12.1 Å². The lowest BCUT2D eigenvalue weighted by Crippen LogP contribution is -2.30. The lowest BCUT2D eigenvalue weighted by molar-refractivity contribution is -0.151. The number of hydrogen-bond donors (Lipinski definition) is 1. The summed E-state index contributed by atoms with van der Waals surface area (Å²) in [5.41, 5.74) is 4.30. The van der Waals surface area contributed by atoms with Gasteiger partial charge in [-0.05, 0) is 62.2 Å². The Labute approximate surface area is 183 Å². The summed E-state index contributed by atoms with van der Waals surface area (Å²) in [5, 5.41) is 9.50. The standard InChI is InChI=1S/C25H30N2O4/c1-4-22(24(25(28)29)30-5-2)19-9-11-21(12-10-19)31-16-15-27-18(3)8-13-23(27)20-7-6-14-26-17-20/h6-14,17,22,24H,4-5,15-16H2,1-3H3,(H,28,29). The summed E-state index contributed by atoms with van der Waals surface area (Å²) in [4.78, 5) is 15.8. The molecular weight excluding hydrogens is 392 g/mol. The zero-order chi connectivity index (χ0) is 22.2. The molecule has 2 unspecified atom stereocenters. The van der Waals surface area contributed by atoms with Crippen LogP contribution in [0.4, 0.5) is 0 Å². The Bertz CT molecular complexity index is 967. The number of benzene rings is 1. The number of aryl methyl sites for hydroxylation is 1. The minimum absolute atomic E-state index is 0.198. The molecule has 3 aromatic rings. The van der Waals surface area contributed by atoms with Gasteiger partial charge in [-0.2, -0.15) is 0 Å². The second-order valence-electron chi connectivity index (χ2n) is 7.40. The second kappa shape index (κ2) is 10.8. The van der Waals surface area contributed by atoms with E-state index in [1.54, 1.807) is 6.20 Å². The molecule has 3 rings (SSSR count). The van der Waals surface area contributed by atoms with Crippen LogP contribution in [-0.4, -0.2) is 39.9 Å². The fourth-order valence-electron chi connectivity index (χ4n) is 3.86. The van der Waals surface area contributed by atoms with Crippen LogP contribution in [0, 0.1) is 6.92 Å². The van der Waals surface area contributed by atoms with E-state index in [0.29, 0.717) is 26.2 Å². The van der Waals surface area contributed by atoms with Gasteiger partial charge in [-0.1, -0.05) is 19.1 Å². The maximum Gasteiger partial charge on any atom is 0.333 e. The molecule has 0 saturated carbocycles. The van der Waals surface area contributed by atoms with Gasteiger partial charge in [0.15, 0.2) is 6.10 Å². The van der Waals surface area contributed by atoms with Crippen molar-refractivity contribution in [1.29, 1.82) is 0 Å². The van der Waals surface area contributed by atoms with Gasteiger partial charge in [-0.3, -0.25) is 4.98 Å². The maximum absolute atomic E-state index is 11.6. The minimum Gasteiger partial charge on any atom is -0.492 e. The third-order valence-electron chi connectivity index (χ3n) is 5.44. The molecular formula is C25H30N2O4. The molecule has 0 saturated heterocycles. The summed E-state index contributed by atoms with van der Waals surface area (Å²) in [6.07, 6.45) is 3.47. The monoisotopic (exact) mass is 422 g/mol. The Kier molecular flexibility index (Phi) is 7.84. The van der Waals surface area contributed by atoms with Gasteiger partial charge in [0.25, 0.3) is 0 Å². The highest BCUT2D eigenvalue weighted by Gasteiger charge is 2.28. The van der Waals surface area contributed by atoms with Crippen LogP contribution in [0.3, 0.4) is 0 Å². The summed E-state index contributed by atoms with van der Waals surface area (Å²) < 4.78 is 13.7. The highest BCUT2D eigenvalue weighted by atomic mass is 16.5. The molecule has 2 aromatic heterocycles. The van der Waals surface area contributed by atoms with Crippen molar-refractivity contribution in [1.82, 2.24) is 9.55 Å². The first-order chi connectivity index (χ1) is 15.0. The van der Waals surface area contributed by atoms with Crippen molar-refractivity contribution in [2.24, 2.45) is 0 Å². The van der Waals surface area contributed by atoms with Gasteiger partial charge in [-0.25, -0.2) is 4.79 Å². The summed E-state index contributed by atoms with van der Waals surface area (Å²) in [5.74, 6) is -0.369. The van der Waals surface area contributed by atoms with E-state index in [9.17, 15) is 9.90 Å². The molecule has 1 aromatic carbocycles. The van der Waals surface area contributed by atoms with Crippen molar-refractivity contribution in [2.45, 2.75) is 45.8 Å². The van der Waals surface area contributed by atoms with E-state index in [1.165, 1.54) is 5.69 Å². The van der Waals surface area contributed by atoms with E-state index in [4.69, 9.17) is 9.47 Å². The Morgan fingerprint density at radius 3 is 2.52 bits per heavy atom. The largest absolute Gasteiger partial charge is 0.492 e. The predicted molar refractivity (Wildman–Crippen MR) is 120 cm³/mol. The van der Waals surface area contributed by atoms with Crippen LogP contribution in [0.1, 0.15) is 37.4 Å². The quantitative estimate of drug-likeness (QED) is 0.475. The summed E-state index contributed by atoms with van der Waals surface area (Å²) in [7, 11) is 0. The zero-order valence-corrected chi connectivity index (χ0v) is 18.3. The normalized spacial score (nSPS) is 13.0. The first-order valence-corrected chi connectivity index (χ1v) is 10.7. The SMILES string of the molecule is CCOC(C(=O)O)C(CC)c1ccc(OCCn2c(C)ccc2-c2cccnc2)cc1. The fraction of sp³-hybridized carbons (Fsp3) is 0.360. The van der Waals surface area contributed by atoms with Crippen LogP contribution < -0.4 is 4.74 Å². The molecule has 164 valence electrons. The number of ether oxygens (including phenoxy) is 2. The lowest BCUT2D eigenvalue weighted by Gasteiger charge is -2.23. The van der Waals surface area contributed by atoms with Gasteiger partial charge in [0.05, 0.1) is 6.54 Å². The number of nitrogens with zero attached hydrogens (tertiary/aromatic N) is 2. The van der Waals surface area contributed by atoms with Crippen molar-refractivity contribution in [3.05, 3.63) is 72.2 Å². The minimum atomic E-state index is -0.930. The molecule has 0 amide bonds. The fourth-order valence-corrected chi connectivity index (χ4v) is 3.86. The molecule has 0 aliphatic rings. The van der Waals surface area contributed by atoms with Crippen LogP contribution in [-0.2, 0) is 16.1 Å². The predicted octanol–water partition coefficient (Wildman–Crippen LogP) is 4.92. The maximum atomic E-state index is 11.6. The van der Waals surface area contributed by atoms with Crippen LogP contribution in [0.2, 0.25) is 0 Å². The first kappa shape index (κ1) is 22.6. The molecule has 0 spiro atoms. The number of hydrogen-bond acceptors (Lipinski definition) is 4. The molecule has 6 heteroatoms. The zero-order valence-electron chi connectivity index (χ0n) is 18.3. The van der Waals surface area contributed by atoms with Gasteiger partial charge in [0.1, 0.15) is 12.4 Å². The Hall–Kier alpha value is -3.12. The van der Waals surface area contributed by atoms with Crippen molar-refractivity contribution < 1.29 is 19.4 Å². The molecule has 0 fully saturated rings. The number of aromatic nitrogens is 2. The first-order valence-electron chi connectivity index (χ1n) is 10.7. The van der Waals surface area contributed by atoms with Crippen LogP contribution in [0.25, 0.3) is 11.3 Å². The van der Waals surface area contributed by atoms with Crippen molar-refractivity contribution in [2.75, 3.05) is 13.2 Å². The molecule has 0 aliphatic carbocycles. The average Bonchev–Trinajstić information content (AvgIpc) is 3.15. The Morgan fingerprint density at radius 1 is 1.13 bits per heavy atom. The molecule has 2 heterocycles. The molecule has 1 N–H and O–H groups in total. The molecule has 0 radical (unpaired) electrons. The number of carboxylic acid groups (broad SMARTS) is 1. The van der Waals surface area contributed by atoms with Crippen molar-refractivity contribution in [3.8, 4) is 17.0 Å². The second-order valence-corrected chi connectivity index (χ2v) is 7.40. The van der Waals surface area contributed by atoms with Gasteiger partial charge < -0.3 is 19.1 Å². The molecule has 31 heavy (non-hydrogen) atoms. The Morgan fingerprint density at radius 2 is 1.90 bits per heavy atom. The van der Waals surface area contributed by atoms with Gasteiger partial charge in [-0.15, -0.1) is 0 Å². The molecule has 6 nitrogen and oxygen atoms in total.